The third-order valence-corrected chi connectivity index (χ3v) is 0.674. The van der Waals surface area contributed by atoms with Crippen LogP contribution in [-0.4, -0.2) is 5.54 Å². The summed E-state index contributed by atoms with van der Waals surface area (Å²) in [7, 11) is 0. The fourth-order valence-corrected chi connectivity index (χ4v) is 0.329. The second-order valence-corrected chi connectivity index (χ2v) is 2.86. The fraction of sp³-hybridized carbons (Fsp3) is 0.571. The second kappa shape index (κ2) is 3.13. The summed E-state index contributed by atoms with van der Waals surface area (Å²) in [6.45, 7) is 6.11. The summed E-state index contributed by atoms with van der Waals surface area (Å²) in [4.78, 5) is 0. The van der Waals surface area contributed by atoms with Crippen LogP contribution in [0.3, 0.4) is 0 Å². The lowest BCUT2D eigenvalue weighted by Crippen LogP contribution is -2.30. The lowest BCUT2D eigenvalue weighted by atomic mass is 10.1. The van der Waals surface area contributed by atoms with Crippen molar-refractivity contribution in [2.45, 2.75) is 26.3 Å². The standard InChI is InChI=1S/C7H12N2/c1-7(2,3)9-6-4-5-8/h4,6,9H,1-3H3/b6-4-. The van der Waals surface area contributed by atoms with Crippen LogP contribution < -0.4 is 5.32 Å². The van der Waals surface area contributed by atoms with Crippen LogP contribution in [0.2, 0.25) is 0 Å². The second-order valence-electron chi connectivity index (χ2n) is 2.86. The zero-order chi connectivity index (χ0) is 7.33. The van der Waals surface area contributed by atoms with Crippen LogP contribution >= 0.6 is 0 Å². The zero-order valence-electron chi connectivity index (χ0n) is 6.10. The van der Waals surface area contributed by atoms with E-state index in [1.54, 1.807) is 6.20 Å². The van der Waals surface area contributed by atoms with Gasteiger partial charge in [0.15, 0.2) is 0 Å². The quantitative estimate of drug-likeness (QED) is 0.536. The van der Waals surface area contributed by atoms with E-state index >= 15 is 0 Å². The van der Waals surface area contributed by atoms with E-state index in [0.717, 1.165) is 0 Å². The highest BCUT2D eigenvalue weighted by Gasteiger charge is 2.03. The maximum atomic E-state index is 8.09. The van der Waals surface area contributed by atoms with E-state index in [1.807, 2.05) is 26.8 Å². The van der Waals surface area contributed by atoms with E-state index in [4.69, 9.17) is 5.26 Å². The normalized spacial score (nSPS) is 11.3. The molecule has 2 nitrogen and oxygen atoms in total. The zero-order valence-corrected chi connectivity index (χ0v) is 6.10. The molecule has 0 spiro atoms. The third kappa shape index (κ3) is 7.03. The number of hydrogen-bond acceptors (Lipinski definition) is 2. The Morgan fingerprint density at radius 1 is 1.44 bits per heavy atom. The summed E-state index contributed by atoms with van der Waals surface area (Å²) < 4.78 is 0. The minimum Gasteiger partial charge on any atom is -0.386 e. The average molecular weight is 124 g/mol. The van der Waals surface area contributed by atoms with Crippen LogP contribution in [0.1, 0.15) is 20.8 Å². The first kappa shape index (κ1) is 8.03. The Kier molecular flexibility index (Phi) is 2.80. The molecular weight excluding hydrogens is 112 g/mol. The molecule has 0 aromatic heterocycles. The molecule has 0 fully saturated rings. The molecule has 2 heteroatoms. The van der Waals surface area contributed by atoms with Gasteiger partial charge in [0.05, 0.1) is 6.07 Å². The molecular formula is C7H12N2. The van der Waals surface area contributed by atoms with Gasteiger partial charge < -0.3 is 5.32 Å². The van der Waals surface area contributed by atoms with Gasteiger partial charge in [0.25, 0.3) is 0 Å². The van der Waals surface area contributed by atoms with Crippen LogP contribution in [0.5, 0.6) is 0 Å². The molecule has 1 N–H and O–H groups in total. The minimum absolute atomic E-state index is 0.0628. The van der Waals surface area contributed by atoms with Crippen molar-refractivity contribution >= 4 is 0 Å². The van der Waals surface area contributed by atoms with E-state index in [-0.39, 0.29) is 5.54 Å². The topological polar surface area (TPSA) is 35.8 Å². The van der Waals surface area contributed by atoms with E-state index < -0.39 is 0 Å². The van der Waals surface area contributed by atoms with Crippen LogP contribution in [0.4, 0.5) is 0 Å². The van der Waals surface area contributed by atoms with Gasteiger partial charge in [0.2, 0.25) is 0 Å². The molecule has 0 aliphatic rings. The van der Waals surface area contributed by atoms with E-state index in [9.17, 15) is 0 Å². The highest BCUT2D eigenvalue weighted by atomic mass is 14.9. The number of hydrogen-bond donors (Lipinski definition) is 1. The molecule has 0 aliphatic carbocycles. The molecule has 0 aromatic carbocycles. The molecule has 0 rings (SSSR count). The summed E-state index contributed by atoms with van der Waals surface area (Å²) >= 11 is 0. The fourth-order valence-electron chi connectivity index (χ4n) is 0.329. The smallest absolute Gasteiger partial charge is 0.0927 e. The average Bonchev–Trinajstić information content (AvgIpc) is 1.63. The summed E-state index contributed by atoms with van der Waals surface area (Å²) in [6.07, 6.45) is 3.07. The molecule has 50 valence electrons. The van der Waals surface area contributed by atoms with Crippen molar-refractivity contribution in [2.75, 3.05) is 0 Å². The number of nitrogens with zero attached hydrogens (tertiary/aromatic N) is 1. The Bertz CT molecular complexity index is 134. The van der Waals surface area contributed by atoms with Crippen LogP contribution in [0.25, 0.3) is 0 Å². The Morgan fingerprint density at radius 2 is 2.00 bits per heavy atom. The molecule has 0 aromatic rings. The molecule has 0 heterocycles. The van der Waals surface area contributed by atoms with Crippen molar-refractivity contribution in [2.24, 2.45) is 0 Å². The Hall–Kier alpha value is -0.970. The predicted molar refractivity (Wildman–Crippen MR) is 37.6 cm³/mol. The molecule has 0 saturated carbocycles. The molecule has 0 unspecified atom stereocenters. The van der Waals surface area contributed by atoms with Gasteiger partial charge in [0, 0.05) is 17.8 Å². The van der Waals surface area contributed by atoms with Gasteiger partial charge in [-0.3, -0.25) is 0 Å². The first-order valence-corrected chi connectivity index (χ1v) is 2.88. The number of allylic oxidation sites excluding steroid dienone is 1. The van der Waals surface area contributed by atoms with Crippen molar-refractivity contribution < 1.29 is 0 Å². The van der Waals surface area contributed by atoms with Gasteiger partial charge in [0.1, 0.15) is 0 Å². The van der Waals surface area contributed by atoms with E-state index in [2.05, 4.69) is 5.32 Å². The SMILES string of the molecule is CC(C)(C)N/C=C\C#N. The molecule has 9 heavy (non-hydrogen) atoms. The Labute approximate surface area is 56.2 Å². The summed E-state index contributed by atoms with van der Waals surface area (Å²) in [5.41, 5.74) is 0.0628. The molecule has 0 saturated heterocycles. The van der Waals surface area contributed by atoms with Crippen molar-refractivity contribution in [3.8, 4) is 6.07 Å². The summed E-state index contributed by atoms with van der Waals surface area (Å²) in [6, 6.07) is 1.90. The lowest BCUT2D eigenvalue weighted by Gasteiger charge is -2.17. The third-order valence-electron chi connectivity index (χ3n) is 0.674. The van der Waals surface area contributed by atoms with Crippen molar-refractivity contribution in [3.63, 3.8) is 0 Å². The maximum absolute atomic E-state index is 8.09. The number of nitriles is 1. The first-order valence-electron chi connectivity index (χ1n) is 2.88. The molecule has 0 aliphatic heterocycles. The van der Waals surface area contributed by atoms with Gasteiger partial charge in [-0.2, -0.15) is 5.26 Å². The van der Waals surface area contributed by atoms with Crippen molar-refractivity contribution in [3.05, 3.63) is 12.3 Å². The van der Waals surface area contributed by atoms with Gasteiger partial charge in [-0.1, -0.05) is 0 Å². The Balaban J connectivity index is 3.54. The summed E-state index contributed by atoms with van der Waals surface area (Å²) in [5, 5.41) is 11.1. The Morgan fingerprint density at radius 3 is 2.33 bits per heavy atom. The largest absolute Gasteiger partial charge is 0.386 e. The minimum atomic E-state index is 0.0628. The lowest BCUT2D eigenvalue weighted by molar-refractivity contribution is 0.491. The maximum Gasteiger partial charge on any atom is 0.0927 e. The monoisotopic (exact) mass is 124 g/mol. The predicted octanol–water partition coefficient (Wildman–Crippen LogP) is 1.41. The van der Waals surface area contributed by atoms with Crippen molar-refractivity contribution in [1.29, 1.82) is 5.26 Å². The molecule has 0 amide bonds. The van der Waals surface area contributed by atoms with Gasteiger partial charge >= 0.3 is 0 Å². The van der Waals surface area contributed by atoms with Crippen LogP contribution in [0.15, 0.2) is 12.3 Å². The first-order chi connectivity index (χ1) is 4.06. The van der Waals surface area contributed by atoms with Crippen molar-refractivity contribution in [1.82, 2.24) is 5.32 Å². The number of nitrogens with one attached hydrogen (secondary N) is 1. The van der Waals surface area contributed by atoms with Crippen LogP contribution in [0, 0.1) is 11.3 Å². The molecule has 0 radical (unpaired) electrons. The highest BCUT2D eigenvalue weighted by Crippen LogP contribution is 1.96. The summed E-state index contributed by atoms with van der Waals surface area (Å²) in [5.74, 6) is 0. The number of rotatable bonds is 1. The van der Waals surface area contributed by atoms with Crippen LogP contribution in [-0.2, 0) is 0 Å². The van der Waals surface area contributed by atoms with Gasteiger partial charge in [-0.15, -0.1) is 0 Å². The molecule has 0 bridgehead atoms. The van der Waals surface area contributed by atoms with Gasteiger partial charge in [-0.05, 0) is 20.8 Å². The molecule has 0 atom stereocenters. The van der Waals surface area contributed by atoms with E-state index in [0.29, 0.717) is 0 Å². The van der Waals surface area contributed by atoms with E-state index in [1.165, 1.54) is 6.08 Å². The highest BCUT2D eigenvalue weighted by molar-refractivity contribution is 5.01. The van der Waals surface area contributed by atoms with Gasteiger partial charge in [-0.25, -0.2) is 0 Å².